The molecule has 20 heavy (non-hydrogen) atoms. The van der Waals surface area contributed by atoms with Gasteiger partial charge in [-0.2, -0.15) is 0 Å². The number of carboxylic acids is 1. The van der Waals surface area contributed by atoms with Crippen LogP contribution >= 0.6 is 0 Å². The summed E-state index contributed by atoms with van der Waals surface area (Å²) in [6.07, 6.45) is 5.05. The molecular weight excluding hydrogens is 258 g/mol. The molecule has 0 aromatic carbocycles. The molecule has 0 aromatic rings. The summed E-state index contributed by atoms with van der Waals surface area (Å²) in [4.78, 5) is 23.1. The van der Waals surface area contributed by atoms with Crippen molar-refractivity contribution in [3.05, 3.63) is 12.7 Å². The summed E-state index contributed by atoms with van der Waals surface area (Å²) < 4.78 is 5.10. The molecule has 1 atom stereocenters. The molecule has 5 heteroatoms. The number of alkyl carbamates (subject to hydrolysis) is 1. The monoisotopic (exact) mass is 285 g/mol. The fraction of sp³-hybridized carbons (Fsp3) is 0.733. The molecule has 0 rings (SSSR count). The minimum Gasteiger partial charge on any atom is -0.480 e. The third-order valence-corrected chi connectivity index (χ3v) is 2.83. The van der Waals surface area contributed by atoms with Gasteiger partial charge in [-0.3, -0.25) is 0 Å². The van der Waals surface area contributed by atoms with Gasteiger partial charge in [0.25, 0.3) is 0 Å². The van der Waals surface area contributed by atoms with E-state index in [1.165, 1.54) is 6.92 Å². The highest BCUT2D eigenvalue weighted by atomic mass is 16.6. The average molecular weight is 285 g/mol. The molecule has 0 spiro atoms. The Morgan fingerprint density at radius 1 is 1.20 bits per heavy atom. The summed E-state index contributed by atoms with van der Waals surface area (Å²) >= 11 is 0. The molecule has 0 bridgehead atoms. The van der Waals surface area contributed by atoms with Gasteiger partial charge in [-0.05, 0) is 47.0 Å². The lowest BCUT2D eigenvalue weighted by Gasteiger charge is -2.28. The second kappa shape index (κ2) is 7.92. The number of allylic oxidation sites excluding steroid dienone is 1. The van der Waals surface area contributed by atoms with Crippen molar-refractivity contribution in [1.29, 1.82) is 0 Å². The number of hydrogen-bond donors (Lipinski definition) is 2. The Labute approximate surface area is 121 Å². The summed E-state index contributed by atoms with van der Waals surface area (Å²) in [6.45, 7) is 10.4. The standard InChI is InChI=1S/C15H27NO4/c1-6-7-8-9-10-11-15(5,12(17)18)16-13(19)20-14(2,3)4/h6H,1,7-11H2,2-5H3,(H,16,19)(H,17,18)/t15-/m1/s1. The van der Waals surface area contributed by atoms with Crippen LogP contribution in [0.15, 0.2) is 12.7 Å². The molecule has 0 aliphatic rings. The normalized spacial score (nSPS) is 14.2. The summed E-state index contributed by atoms with van der Waals surface area (Å²) in [7, 11) is 0. The zero-order valence-electron chi connectivity index (χ0n) is 13.0. The fourth-order valence-corrected chi connectivity index (χ4v) is 1.70. The first-order valence-corrected chi connectivity index (χ1v) is 6.96. The molecule has 0 radical (unpaired) electrons. The Morgan fingerprint density at radius 2 is 1.80 bits per heavy atom. The maximum atomic E-state index is 11.7. The minimum atomic E-state index is -1.30. The first-order chi connectivity index (χ1) is 9.10. The molecule has 0 aliphatic heterocycles. The second-order valence-corrected chi connectivity index (χ2v) is 6.15. The van der Waals surface area contributed by atoms with Gasteiger partial charge in [-0.1, -0.05) is 18.9 Å². The van der Waals surface area contributed by atoms with E-state index in [0.717, 1.165) is 25.7 Å². The number of amides is 1. The van der Waals surface area contributed by atoms with E-state index < -0.39 is 23.2 Å². The van der Waals surface area contributed by atoms with Crippen LogP contribution in [0.3, 0.4) is 0 Å². The van der Waals surface area contributed by atoms with Gasteiger partial charge in [0.05, 0.1) is 0 Å². The van der Waals surface area contributed by atoms with Crippen molar-refractivity contribution in [2.24, 2.45) is 0 Å². The first-order valence-electron chi connectivity index (χ1n) is 6.96. The summed E-state index contributed by atoms with van der Waals surface area (Å²) in [5, 5.41) is 11.8. The number of carbonyl (C=O) groups excluding carboxylic acids is 1. The number of aliphatic carboxylic acids is 1. The van der Waals surface area contributed by atoms with Gasteiger partial charge in [-0.15, -0.1) is 6.58 Å². The topological polar surface area (TPSA) is 75.6 Å². The number of carbonyl (C=O) groups is 2. The Balaban J connectivity index is 4.41. The van der Waals surface area contributed by atoms with Gasteiger partial charge in [0.15, 0.2) is 0 Å². The maximum Gasteiger partial charge on any atom is 0.408 e. The van der Waals surface area contributed by atoms with E-state index in [-0.39, 0.29) is 0 Å². The first kappa shape index (κ1) is 18.5. The van der Waals surface area contributed by atoms with E-state index in [2.05, 4.69) is 11.9 Å². The molecule has 116 valence electrons. The largest absolute Gasteiger partial charge is 0.480 e. The second-order valence-electron chi connectivity index (χ2n) is 6.15. The number of hydrogen-bond acceptors (Lipinski definition) is 3. The van der Waals surface area contributed by atoms with E-state index in [9.17, 15) is 14.7 Å². The summed E-state index contributed by atoms with van der Waals surface area (Å²) in [6, 6.07) is 0. The van der Waals surface area contributed by atoms with Crippen molar-refractivity contribution >= 4 is 12.1 Å². The molecule has 0 aromatic heterocycles. The van der Waals surface area contributed by atoms with Crippen molar-refractivity contribution in [1.82, 2.24) is 5.32 Å². The van der Waals surface area contributed by atoms with Crippen LogP contribution in [0.1, 0.15) is 59.8 Å². The summed E-state index contributed by atoms with van der Waals surface area (Å²) in [5.74, 6) is -1.05. The maximum absolute atomic E-state index is 11.7. The van der Waals surface area contributed by atoms with Crippen LogP contribution in [0.4, 0.5) is 4.79 Å². The van der Waals surface area contributed by atoms with Gasteiger partial charge < -0.3 is 15.2 Å². The predicted octanol–water partition coefficient (Wildman–Crippen LogP) is 3.49. The van der Waals surface area contributed by atoms with Crippen LogP contribution in [-0.4, -0.2) is 28.3 Å². The molecule has 0 unspecified atom stereocenters. The van der Waals surface area contributed by atoms with Gasteiger partial charge in [-0.25, -0.2) is 9.59 Å². The van der Waals surface area contributed by atoms with Gasteiger partial charge in [0, 0.05) is 0 Å². The molecule has 2 N–H and O–H groups in total. The molecule has 1 amide bonds. The van der Waals surface area contributed by atoms with Crippen LogP contribution in [-0.2, 0) is 9.53 Å². The number of nitrogens with one attached hydrogen (secondary N) is 1. The third kappa shape index (κ3) is 7.81. The van der Waals surface area contributed by atoms with E-state index in [4.69, 9.17) is 4.74 Å². The highest BCUT2D eigenvalue weighted by Crippen LogP contribution is 2.17. The third-order valence-electron chi connectivity index (χ3n) is 2.83. The number of carboxylic acid groups (broad SMARTS) is 1. The van der Waals surface area contributed by atoms with E-state index in [0.29, 0.717) is 6.42 Å². The highest BCUT2D eigenvalue weighted by molar-refractivity contribution is 5.83. The predicted molar refractivity (Wildman–Crippen MR) is 78.7 cm³/mol. The molecule has 0 aliphatic carbocycles. The molecule has 0 heterocycles. The van der Waals surface area contributed by atoms with Crippen LogP contribution in [0.5, 0.6) is 0 Å². The van der Waals surface area contributed by atoms with E-state index in [1.54, 1.807) is 20.8 Å². The van der Waals surface area contributed by atoms with Crippen molar-refractivity contribution < 1.29 is 19.4 Å². The molecule has 0 saturated carbocycles. The van der Waals surface area contributed by atoms with Crippen LogP contribution in [0, 0.1) is 0 Å². The van der Waals surface area contributed by atoms with Gasteiger partial charge >= 0.3 is 12.1 Å². The Morgan fingerprint density at radius 3 is 2.25 bits per heavy atom. The van der Waals surface area contributed by atoms with Crippen molar-refractivity contribution in [3.63, 3.8) is 0 Å². The Kier molecular flexibility index (Phi) is 7.32. The quantitative estimate of drug-likeness (QED) is 0.528. The lowest BCUT2D eigenvalue weighted by molar-refractivity contribution is -0.144. The number of unbranched alkanes of at least 4 members (excludes halogenated alkanes) is 3. The average Bonchev–Trinajstić information content (AvgIpc) is 2.25. The van der Waals surface area contributed by atoms with Crippen LogP contribution < -0.4 is 5.32 Å². The van der Waals surface area contributed by atoms with Crippen molar-refractivity contribution in [2.45, 2.75) is 70.9 Å². The van der Waals surface area contributed by atoms with Gasteiger partial charge in [0.1, 0.15) is 11.1 Å². The molecule has 0 fully saturated rings. The molecular formula is C15H27NO4. The smallest absolute Gasteiger partial charge is 0.408 e. The lowest BCUT2D eigenvalue weighted by atomic mass is 9.94. The Hall–Kier alpha value is -1.52. The summed E-state index contributed by atoms with van der Waals surface area (Å²) in [5.41, 5.74) is -1.94. The van der Waals surface area contributed by atoms with Crippen LogP contribution in [0.2, 0.25) is 0 Å². The fourth-order valence-electron chi connectivity index (χ4n) is 1.70. The molecule has 5 nitrogen and oxygen atoms in total. The number of ether oxygens (including phenoxy) is 1. The highest BCUT2D eigenvalue weighted by Gasteiger charge is 2.35. The van der Waals surface area contributed by atoms with Crippen LogP contribution in [0.25, 0.3) is 0 Å². The van der Waals surface area contributed by atoms with Crippen molar-refractivity contribution in [2.75, 3.05) is 0 Å². The van der Waals surface area contributed by atoms with E-state index >= 15 is 0 Å². The Bertz CT molecular complexity index is 346. The van der Waals surface area contributed by atoms with Gasteiger partial charge in [0.2, 0.25) is 0 Å². The zero-order chi connectivity index (χ0) is 15.8. The molecule has 0 saturated heterocycles. The van der Waals surface area contributed by atoms with Crippen molar-refractivity contribution in [3.8, 4) is 0 Å². The minimum absolute atomic E-state index is 0.374. The number of rotatable bonds is 8. The van der Waals surface area contributed by atoms with E-state index in [1.807, 2.05) is 6.08 Å². The zero-order valence-corrected chi connectivity index (χ0v) is 13.0. The SMILES string of the molecule is C=CCCCCC[C@@](C)(NC(=O)OC(C)(C)C)C(=O)O. The lowest BCUT2D eigenvalue weighted by Crippen LogP contribution is -2.53.